The van der Waals surface area contributed by atoms with Gasteiger partial charge in [0, 0.05) is 24.5 Å². The van der Waals surface area contributed by atoms with Gasteiger partial charge in [0.2, 0.25) is 11.8 Å². The van der Waals surface area contributed by atoms with Crippen molar-refractivity contribution in [3.05, 3.63) is 0 Å². The van der Waals surface area contributed by atoms with E-state index in [1.165, 1.54) is 6.42 Å². The zero-order chi connectivity index (χ0) is 14.9. The Morgan fingerprint density at radius 3 is 2.48 bits per heavy atom. The molecule has 5 heteroatoms. The zero-order valence-electron chi connectivity index (χ0n) is 12.8. The molecule has 0 aromatic heterocycles. The number of carbonyl (C=O) groups is 2. The van der Waals surface area contributed by atoms with Crippen LogP contribution in [0.5, 0.6) is 0 Å². The minimum absolute atomic E-state index is 0.0399. The van der Waals surface area contributed by atoms with Gasteiger partial charge in [-0.05, 0) is 38.5 Å². The van der Waals surface area contributed by atoms with Crippen LogP contribution in [0.4, 0.5) is 0 Å². The topological polar surface area (TPSA) is 75.4 Å². The monoisotopic (exact) mass is 293 g/mol. The highest BCUT2D eigenvalue weighted by molar-refractivity contribution is 5.88. The summed E-state index contributed by atoms with van der Waals surface area (Å²) in [5, 5.41) is 3.03. The van der Waals surface area contributed by atoms with Crippen LogP contribution in [0.25, 0.3) is 0 Å². The van der Waals surface area contributed by atoms with Crippen LogP contribution in [0, 0.1) is 0 Å². The second-order valence-electron chi connectivity index (χ2n) is 7.13. The Bertz CT molecular complexity index is 414. The van der Waals surface area contributed by atoms with Gasteiger partial charge in [0.05, 0.1) is 0 Å². The Balaban J connectivity index is 1.58. The van der Waals surface area contributed by atoms with Crippen molar-refractivity contribution >= 4 is 11.8 Å². The molecule has 2 saturated carbocycles. The SMILES string of the molecule is NC1(CC(=O)N2CCCC2C(=O)NC2CC2)CCCCC1. The molecule has 1 atom stereocenters. The number of hydrogen-bond acceptors (Lipinski definition) is 3. The maximum atomic E-state index is 12.6. The van der Waals surface area contributed by atoms with E-state index in [2.05, 4.69) is 5.32 Å². The highest BCUT2D eigenvalue weighted by atomic mass is 16.2. The van der Waals surface area contributed by atoms with Crippen LogP contribution in [-0.4, -0.2) is 40.9 Å². The van der Waals surface area contributed by atoms with Gasteiger partial charge in [0.25, 0.3) is 0 Å². The molecule has 3 fully saturated rings. The van der Waals surface area contributed by atoms with E-state index in [9.17, 15) is 9.59 Å². The second kappa shape index (κ2) is 5.95. The Labute approximate surface area is 126 Å². The van der Waals surface area contributed by atoms with Gasteiger partial charge in [-0.25, -0.2) is 0 Å². The van der Waals surface area contributed by atoms with Gasteiger partial charge in [-0.3, -0.25) is 9.59 Å². The first-order valence-corrected chi connectivity index (χ1v) is 8.46. The van der Waals surface area contributed by atoms with E-state index in [0.29, 0.717) is 19.0 Å². The van der Waals surface area contributed by atoms with Crippen LogP contribution in [0.2, 0.25) is 0 Å². The summed E-state index contributed by atoms with van der Waals surface area (Å²) in [5.74, 6) is 0.117. The quantitative estimate of drug-likeness (QED) is 0.820. The number of nitrogens with one attached hydrogen (secondary N) is 1. The van der Waals surface area contributed by atoms with Crippen LogP contribution in [0.3, 0.4) is 0 Å². The summed E-state index contributed by atoms with van der Waals surface area (Å²) in [6, 6.07) is 0.0968. The Kier molecular flexibility index (Phi) is 4.20. The molecule has 2 aliphatic carbocycles. The summed E-state index contributed by atoms with van der Waals surface area (Å²) in [4.78, 5) is 26.6. The molecule has 118 valence electrons. The minimum atomic E-state index is -0.338. The minimum Gasteiger partial charge on any atom is -0.352 e. The fourth-order valence-electron chi connectivity index (χ4n) is 3.70. The molecule has 5 nitrogen and oxygen atoms in total. The second-order valence-corrected chi connectivity index (χ2v) is 7.13. The Morgan fingerprint density at radius 2 is 1.81 bits per heavy atom. The van der Waals surface area contributed by atoms with E-state index in [0.717, 1.165) is 51.4 Å². The molecule has 0 spiro atoms. The average molecular weight is 293 g/mol. The summed E-state index contributed by atoms with van der Waals surface area (Å²) in [6.07, 6.45) is 9.62. The molecule has 1 aliphatic heterocycles. The van der Waals surface area contributed by atoms with E-state index < -0.39 is 0 Å². The third-order valence-corrected chi connectivity index (χ3v) is 5.15. The summed E-state index contributed by atoms with van der Waals surface area (Å²) in [6.45, 7) is 0.706. The van der Waals surface area contributed by atoms with Crippen molar-refractivity contribution in [2.45, 2.75) is 81.8 Å². The van der Waals surface area contributed by atoms with Crippen molar-refractivity contribution in [2.24, 2.45) is 5.73 Å². The fourth-order valence-corrected chi connectivity index (χ4v) is 3.70. The lowest BCUT2D eigenvalue weighted by molar-refractivity contribution is -0.139. The largest absolute Gasteiger partial charge is 0.352 e. The normalized spacial score (nSPS) is 28.4. The number of likely N-dealkylation sites (tertiary alicyclic amines) is 1. The predicted octanol–water partition coefficient (Wildman–Crippen LogP) is 1.31. The first kappa shape index (κ1) is 14.8. The van der Waals surface area contributed by atoms with Crippen molar-refractivity contribution in [3.63, 3.8) is 0 Å². The van der Waals surface area contributed by atoms with E-state index in [1.807, 2.05) is 0 Å². The van der Waals surface area contributed by atoms with Crippen LogP contribution in [0.15, 0.2) is 0 Å². The molecule has 2 amide bonds. The van der Waals surface area contributed by atoms with Crippen LogP contribution < -0.4 is 11.1 Å². The Hall–Kier alpha value is -1.10. The third kappa shape index (κ3) is 3.57. The summed E-state index contributed by atoms with van der Waals surface area (Å²) in [7, 11) is 0. The molecular weight excluding hydrogens is 266 g/mol. The lowest BCUT2D eigenvalue weighted by Gasteiger charge is -2.35. The van der Waals surface area contributed by atoms with Gasteiger partial charge in [-0.1, -0.05) is 19.3 Å². The molecular formula is C16H27N3O2. The molecule has 1 saturated heterocycles. The Morgan fingerprint density at radius 1 is 1.10 bits per heavy atom. The van der Waals surface area contributed by atoms with Crippen molar-refractivity contribution in [3.8, 4) is 0 Å². The molecule has 21 heavy (non-hydrogen) atoms. The van der Waals surface area contributed by atoms with Gasteiger partial charge in [0.15, 0.2) is 0 Å². The van der Waals surface area contributed by atoms with Crippen molar-refractivity contribution in [1.82, 2.24) is 10.2 Å². The first-order chi connectivity index (χ1) is 10.1. The summed E-state index contributed by atoms with van der Waals surface area (Å²) >= 11 is 0. The van der Waals surface area contributed by atoms with Gasteiger partial charge >= 0.3 is 0 Å². The van der Waals surface area contributed by atoms with Gasteiger partial charge in [-0.15, -0.1) is 0 Å². The lowest BCUT2D eigenvalue weighted by atomic mass is 9.80. The summed E-state index contributed by atoms with van der Waals surface area (Å²) < 4.78 is 0. The van der Waals surface area contributed by atoms with Gasteiger partial charge < -0.3 is 16.0 Å². The zero-order valence-corrected chi connectivity index (χ0v) is 12.8. The van der Waals surface area contributed by atoms with E-state index in [1.54, 1.807) is 4.90 Å². The number of nitrogens with two attached hydrogens (primary N) is 1. The first-order valence-electron chi connectivity index (χ1n) is 8.46. The van der Waals surface area contributed by atoms with Crippen molar-refractivity contribution in [2.75, 3.05) is 6.54 Å². The number of nitrogens with zero attached hydrogens (tertiary/aromatic N) is 1. The molecule has 1 heterocycles. The third-order valence-electron chi connectivity index (χ3n) is 5.15. The lowest BCUT2D eigenvalue weighted by Crippen LogP contribution is -2.51. The van der Waals surface area contributed by atoms with Gasteiger partial charge in [0.1, 0.15) is 6.04 Å². The number of carbonyl (C=O) groups excluding carboxylic acids is 2. The highest BCUT2D eigenvalue weighted by Crippen LogP contribution is 2.30. The molecule has 3 rings (SSSR count). The van der Waals surface area contributed by atoms with Crippen molar-refractivity contribution in [1.29, 1.82) is 0 Å². The molecule has 3 aliphatic rings. The van der Waals surface area contributed by atoms with Crippen LogP contribution >= 0.6 is 0 Å². The maximum Gasteiger partial charge on any atom is 0.243 e. The fraction of sp³-hybridized carbons (Fsp3) is 0.875. The predicted molar refractivity (Wildman–Crippen MR) is 80.5 cm³/mol. The van der Waals surface area contributed by atoms with Crippen molar-refractivity contribution < 1.29 is 9.59 Å². The van der Waals surface area contributed by atoms with Crippen LogP contribution in [-0.2, 0) is 9.59 Å². The molecule has 3 N–H and O–H groups in total. The molecule has 0 radical (unpaired) electrons. The standard InChI is InChI=1S/C16H27N3O2/c17-16(8-2-1-3-9-16)11-14(20)19-10-4-5-13(19)15(21)18-12-6-7-12/h12-13H,1-11,17H2,(H,18,21). The van der Waals surface area contributed by atoms with E-state index >= 15 is 0 Å². The van der Waals surface area contributed by atoms with Crippen LogP contribution in [0.1, 0.15) is 64.2 Å². The smallest absolute Gasteiger partial charge is 0.243 e. The summed E-state index contributed by atoms with van der Waals surface area (Å²) in [5.41, 5.74) is 6.05. The molecule has 0 aromatic rings. The average Bonchev–Trinajstić information content (AvgIpc) is 3.11. The van der Waals surface area contributed by atoms with E-state index in [4.69, 9.17) is 5.73 Å². The number of amides is 2. The van der Waals surface area contributed by atoms with E-state index in [-0.39, 0.29) is 23.4 Å². The molecule has 1 unspecified atom stereocenters. The maximum absolute atomic E-state index is 12.6. The molecule has 0 bridgehead atoms. The number of rotatable bonds is 4. The van der Waals surface area contributed by atoms with Gasteiger partial charge in [-0.2, -0.15) is 0 Å². The molecule has 0 aromatic carbocycles. The highest BCUT2D eigenvalue weighted by Gasteiger charge is 2.39. The number of hydrogen-bond donors (Lipinski definition) is 2.